The third kappa shape index (κ3) is 1.82. The quantitative estimate of drug-likeness (QED) is 0.725. The maximum Gasteiger partial charge on any atom is 0.256 e. The fourth-order valence-corrected chi connectivity index (χ4v) is 1.42. The van der Waals surface area contributed by atoms with Crippen molar-refractivity contribution in [2.24, 2.45) is 0 Å². The van der Waals surface area contributed by atoms with Crippen molar-refractivity contribution in [1.29, 1.82) is 0 Å². The molecule has 0 aliphatic rings. The first-order chi connectivity index (χ1) is 6.61. The van der Waals surface area contributed by atoms with Gasteiger partial charge in [-0.15, -0.1) is 0 Å². The van der Waals surface area contributed by atoms with Crippen molar-refractivity contribution in [3.63, 3.8) is 0 Å². The van der Waals surface area contributed by atoms with Gasteiger partial charge in [0, 0.05) is 0 Å². The maximum absolute atomic E-state index is 11.0. The first-order valence-corrected chi connectivity index (χ1v) is 4.41. The second-order valence-corrected chi connectivity index (χ2v) is 3.11. The average Bonchev–Trinajstić information content (AvgIpc) is 2.16. The Bertz CT molecular complexity index is 361. The number of carbonyl (C=O) groups excluding carboxylic acids is 1. The van der Waals surface area contributed by atoms with Gasteiger partial charge in [-0.1, -0.05) is 6.07 Å². The largest absolute Gasteiger partial charge is 0.493 e. The molecule has 0 spiro atoms. The zero-order valence-electron chi connectivity index (χ0n) is 8.26. The van der Waals surface area contributed by atoms with E-state index in [9.17, 15) is 4.79 Å². The molecule has 0 N–H and O–H groups in total. The van der Waals surface area contributed by atoms with Gasteiger partial charge in [0.15, 0.2) is 11.5 Å². The van der Waals surface area contributed by atoms with Gasteiger partial charge in [0.2, 0.25) is 0 Å². The SMILES string of the molecule is COc1c(C)ccc(C(=O)Cl)c1OC. The maximum atomic E-state index is 11.0. The predicted molar refractivity (Wildman–Crippen MR) is 54.5 cm³/mol. The monoisotopic (exact) mass is 214 g/mol. The number of hydrogen-bond acceptors (Lipinski definition) is 3. The number of benzene rings is 1. The summed E-state index contributed by atoms with van der Waals surface area (Å²) in [5.41, 5.74) is 1.21. The molecule has 1 rings (SSSR count). The normalized spacial score (nSPS) is 9.71. The summed E-state index contributed by atoms with van der Waals surface area (Å²) in [6.07, 6.45) is 0. The van der Waals surface area contributed by atoms with E-state index in [0.717, 1.165) is 5.56 Å². The topological polar surface area (TPSA) is 35.5 Å². The number of rotatable bonds is 3. The summed E-state index contributed by atoms with van der Waals surface area (Å²) < 4.78 is 10.2. The number of carbonyl (C=O) groups is 1. The van der Waals surface area contributed by atoms with E-state index in [0.29, 0.717) is 17.1 Å². The van der Waals surface area contributed by atoms with Crippen LogP contribution in [0.25, 0.3) is 0 Å². The molecular formula is C10H11ClO3. The van der Waals surface area contributed by atoms with Gasteiger partial charge in [-0.2, -0.15) is 0 Å². The van der Waals surface area contributed by atoms with Gasteiger partial charge in [-0.25, -0.2) is 0 Å². The third-order valence-corrected chi connectivity index (χ3v) is 2.13. The van der Waals surface area contributed by atoms with Crippen LogP contribution >= 0.6 is 11.6 Å². The van der Waals surface area contributed by atoms with Crippen molar-refractivity contribution in [2.75, 3.05) is 14.2 Å². The predicted octanol–water partition coefficient (Wildman–Crippen LogP) is 2.39. The highest BCUT2D eigenvalue weighted by molar-refractivity contribution is 6.68. The van der Waals surface area contributed by atoms with Crippen LogP contribution in [0.2, 0.25) is 0 Å². The van der Waals surface area contributed by atoms with Crippen LogP contribution in [-0.4, -0.2) is 19.5 Å². The van der Waals surface area contributed by atoms with Crippen molar-refractivity contribution in [2.45, 2.75) is 6.92 Å². The molecule has 0 aliphatic carbocycles. The molecule has 0 saturated carbocycles. The van der Waals surface area contributed by atoms with E-state index in [1.165, 1.54) is 14.2 Å². The van der Waals surface area contributed by atoms with Crippen LogP contribution in [0.1, 0.15) is 15.9 Å². The zero-order chi connectivity index (χ0) is 10.7. The number of methoxy groups -OCH3 is 2. The minimum atomic E-state index is -0.555. The van der Waals surface area contributed by atoms with Crippen molar-refractivity contribution in [3.8, 4) is 11.5 Å². The molecule has 0 heterocycles. The first-order valence-electron chi connectivity index (χ1n) is 4.03. The second kappa shape index (κ2) is 4.33. The van der Waals surface area contributed by atoms with E-state index in [1.807, 2.05) is 6.92 Å². The number of aryl methyl sites for hydroxylation is 1. The molecule has 1 aromatic carbocycles. The van der Waals surface area contributed by atoms with E-state index >= 15 is 0 Å². The summed E-state index contributed by atoms with van der Waals surface area (Å²) in [6, 6.07) is 3.38. The Morgan fingerprint density at radius 2 is 1.79 bits per heavy atom. The Morgan fingerprint density at radius 1 is 1.21 bits per heavy atom. The van der Waals surface area contributed by atoms with E-state index in [2.05, 4.69) is 0 Å². The van der Waals surface area contributed by atoms with E-state index in [4.69, 9.17) is 21.1 Å². The number of hydrogen-bond donors (Lipinski definition) is 0. The zero-order valence-corrected chi connectivity index (χ0v) is 9.01. The van der Waals surface area contributed by atoms with E-state index in [1.54, 1.807) is 12.1 Å². The smallest absolute Gasteiger partial charge is 0.256 e. The van der Waals surface area contributed by atoms with Gasteiger partial charge < -0.3 is 9.47 Å². The molecule has 14 heavy (non-hydrogen) atoms. The fourth-order valence-electron chi connectivity index (χ4n) is 1.27. The Kier molecular flexibility index (Phi) is 3.36. The highest BCUT2D eigenvalue weighted by atomic mass is 35.5. The van der Waals surface area contributed by atoms with Crippen LogP contribution in [0.3, 0.4) is 0 Å². The summed E-state index contributed by atoms with van der Waals surface area (Å²) in [4.78, 5) is 11.0. The molecule has 0 amide bonds. The lowest BCUT2D eigenvalue weighted by molar-refractivity contribution is 0.107. The molecule has 0 radical (unpaired) electrons. The van der Waals surface area contributed by atoms with Gasteiger partial charge in [0.1, 0.15) is 0 Å². The van der Waals surface area contributed by atoms with Crippen LogP contribution in [0.4, 0.5) is 0 Å². The van der Waals surface area contributed by atoms with Crippen LogP contribution in [0.5, 0.6) is 11.5 Å². The van der Waals surface area contributed by atoms with Crippen LogP contribution in [0.15, 0.2) is 12.1 Å². The van der Waals surface area contributed by atoms with Gasteiger partial charge in [-0.3, -0.25) is 4.79 Å². The fraction of sp³-hybridized carbons (Fsp3) is 0.300. The molecule has 0 atom stereocenters. The Balaban J connectivity index is 3.40. The van der Waals surface area contributed by atoms with Crippen LogP contribution < -0.4 is 9.47 Å². The van der Waals surface area contributed by atoms with E-state index < -0.39 is 5.24 Å². The summed E-state index contributed by atoms with van der Waals surface area (Å²) in [5, 5.41) is -0.555. The standard InChI is InChI=1S/C10H11ClO3/c1-6-4-5-7(10(11)12)9(14-3)8(6)13-2/h4-5H,1-3H3. The van der Waals surface area contributed by atoms with E-state index in [-0.39, 0.29) is 0 Å². The Morgan fingerprint density at radius 3 is 2.21 bits per heavy atom. The Hall–Kier alpha value is -1.22. The minimum absolute atomic E-state index is 0.316. The summed E-state index contributed by atoms with van der Waals surface area (Å²) in [7, 11) is 2.99. The molecule has 0 aromatic heterocycles. The molecule has 76 valence electrons. The lowest BCUT2D eigenvalue weighted by atomic mass is 10.1. The summed E-state index contributed by atoms with van der Waals surface area (Å²) in [6.45, 7) is 1.86. The molecule has 0 bridgehead atoms. The Labute approximate surface area is 87.6 Å². The number of ether oxygens (including phenoxy) is 2. The van der Waals surface area contributed by atoms with Gasteiger partial charge >= 0.3 is 0 Å². The molecular weight excluding hydrogens is 204 g/mol. The third-order valence-electron chi connectivity index (χ3n) is 1.93. The molecule has 0 aliphatic heterocycles. The van der Waals surface area contributed by atoms with Gasteiger partial charge in [0.25, 0.3) is 5.24 Å². The van der Waals surface area contributed by atoms with Crippen molar-refractivity contribution in [3.05, 3.63) is 23.3 Å². The molecule has 0 unspecified atom stereocenters. The summed E-state index contributed by atoms with van der Waals surface area (Å²) in [5.74, 6) is 0.923. The lowest BCUT2D eigenvalue weighted by Gasteiger charge is -2.12. The molecule has 0 fully saturated rings. The molecule has 1 aromatic rings. The molecule has 4 heteroatoms. The summed E-state index contributed by atoms with van der Waals surface area (Å²) >= 11 is 5.39. The first kappa shape index (κ1) is 10.9. The van der Waals surface area contributed by atoms with Gasteiger partial charge in [0.05, 0.1) is 19.8 Å². The van der Waals surface area contributed by atoms with Crippen molar-refractivity contribution < 1.29 is 14.3 Å². The average molecular weight is 215 g/mol. The highest BCUT2D eigenvalue weighted by Gasteiger charge is 2.16. The molecule has 3 nitrogen and oxygen atoms in total. The molecule has 0 saturated heterocycles. The number of halogens is 1. The van der Waals surface area contributed by atoms with Crippen LogP contribution in [0, 0.1) is 6.92 Å². The minimum Gasteiger partial charge on any atom is -0.493 e. The highest BCUT2D eigenvalue weighted by Crippen LogP contribution is 2.34. The lowest BCUT2D eigenvalue weighted by Crippen LogP contribution is -2.00. The van der Waals surface area contributed by atoms with Crippen molar-refractivity contribution in [1.82, 2.24) is 0 Å². The van der Waals surface area contributed by atoms with Gasteiger partial charge in [-0.05, 0) is 30.2 Å². The van der Waals surface area contributed by atoms with Crippen molar-refractivity contribution >= 4 is 16.8 Å². The second-order valence-electron chi connectivity index (χ2n) is 2.77. The van der Waals surface area contributed by atoms with Crippen LogP contribution in [-0.2, 0) is 0 Å².